The van der Waals surface area contributed by atoms with Crippen molar-refractivity contribution in [2.45, 2.75) is 37.3 Å². The molecule has 7 heteroatoms. The Morgan fingerprint density at radius 3 is 2.80 bits per heavy atom. The molecule has 0 radical (unpaired) electrons. The number of rotatable bonds is 4. The zero-order chi connectivity index (χ0) is 14.8. The van der Waals surface area contributed by atoms with Crippen molar-refractivity contribution >= 4 is 10.0 Å². The van der Waals surface area contributed by atoms with Crippen molar-refractivity contribution in [1.82, 2.24) is 14.2 Å². The van der Waals surface area contributed by atoms with Gasteiger partial charge in [0.15, 0.2) is 0 Å². The minimum Gasteiger partial charge on any atom is -0.390 e. The van der Waals surface area contributed by atoms with E-state index in [4.69, 9.17) is 5.11 Å². The average molecular weight is 301 g/mol. The molecule has 1 aromatic heterocycles. The molecule has 1 aliphatic heterocycles. The molecule has 1 unspecified atom stereocenters. The third-order valence-corrected chi connectivity index (χ3v) is 5.74. The van der Waals surface area contributed by atoms with Crippen molar-refractivity contribution in [3.8, 4) is 0 Å². The lowest BCUT2D eigenvalue weighted by Crippen LogP contribution is -2.43. The highest BCUT2D eigenvalue weighted by molar-refractivity contribution is 7.89. The van der Waals surface area contributed by atoms with E-state index in [2.05, 4.69) is 9.88 Å². The Hall–Kier alpha value is -0.890. The van der Waals surface area contributed by atoms with Crippen LogP contribution in [0.3, 0.4) is 0 Å². The van der Waals surface area contributed by atoms with E-state index in [0.29, 0.717) is 12.2 Å². The number of aliphatic hydroxyl groups excluding tert-OH is 1. The van der Waals surface area contributed by atoms with Crippen molar-refractivity contribution < 1.29 is 13.5 Å². The Morgan fingerprint density at radius 1 is 1.45 bits per heavy atom. The Morgan fingerprint density at radius 2 is 2.20 bits per heavy atom. The quantitative estimate of drug-likeness (QED) is 0.854. The van der Waals surface area contributed by atoms with E-state index in [9.17, 15) is 8.42 Å². The molecule has 0 bridgehead atoms. The minimum atomic E-state index is -3.50. The van der Waals surface area contributed by atoms with Crippen molar-refractivity contribution in [3.63, 3.8) is 0 Å². The number of aromatic nitrogens is 1. The standard InChI is InChI=1S/C13H23N3O3S/c1-3-12-9-15(2)5-4-6-16(12)20(18,19)13-7-11(10-17)14-8-13/h7-8,12,14,17H,3-6,9-10H2,1-2H3. The van der Waals surface area contributed by atoms with Crippen LogP contribution in [-0.4, -0.2) is 60.4 Å². The van der Waals surface area contributed by atoms with Crippen molar-refractivity contribution in [2.75, 3.05) is 26.7 Å². The van der Waals surface area contributed by atoms with Crippen LogP contribution >= 0.6 is 0 Å². The van der Waals surface area contributed by atoms with E-state index in [1.165, 1.54) is 12.3 Å². The Bertz CT molecular complexity index is 541. The molecule has 0 aliphatic carbocycles. The third kappa shape index (κ3) is 3.06. The van der Waals surface area contributed by atoms with E-state index >= 15 is 0 Å². The van der Waals surface area contributed by atoms with Gasteiger partial charge in [-0.3, -0.25) is 0 Å². The largest absolute Gasteiger partial charge is 0.390 e. The summed E-state index contributed by atoms with van der Waals surface area (Å²) in [5.74, 6) is 0. The monoisotopic (exact) mass is 301 g/mol. The highest BCUT2D eigenvalue weighted by Gasteiger charge is 2.33. The lowest BCUT2D eigenvalue weighted by Gasteiger charge is -2.28. The molecular formula is C13H23N3O3S. The van der Waals surface area contributed by atoms with Crippen LogP contribution in [0.1, 0.15) is 25.5 Å². The summed E-state index contributed by atoms with van der Waals surface area (Å²) in [7, 11) is -1.47. The number of likely N-dealkylation sites (N-methyl/N-ethyl adjacent to an activating group) is 1. The topological polar surface area (TPSA) is 76.6 Å². The van der Waals surface area contributed by atoms with Crippen LogP contribution in [-0.2, 0) is 16.6 Å². The zero-order valence-electron chi connectivity index (χ0n) is 12.0. The first-order chi connectivity index (χ1) is 9.48. The van der Waals surface area contributed by atoms with Gasteiger partial charge in [0.05, 0.1) is 11.5 Å². The fraction of sp³-hybridized carbons (Fsp3) is 0.692. The molecule has 1 saturated heterocycles. The van der Waals surface area contributed by atoms with Crippen LogP contribution in [0, 0.1) is 0 Å². The molecule has 20 heavy (non-hydrogen) atoms. The summed E-state index contributed by atoms with van der Waals surface area (Å²) in [5, 5.41) is 9.06. The number of nitrogens with one attached hydrogen (secondary N) is 1. The van der Waals surface area contributed by atoms with Crippen LogP contribution in [0.25, 0.3) is 0 Å². The third-order valence-electron chi connectivity index (χ3n) is 3.81. The molecule has 0 spiro atoms. The summed E-state index contributed by atoms with van der Waals surface area (Å²) in [4.78, 5) is 5.21. The molecule has 1 atom stereocenters. The predicted molar refractivity (Wildman–Crippen MR) is 76.8 cm³/mol. The van der Waals surface area contributed by atoms with Crippen LogP contribution < -0.4 is 0 Å². The molecule has 1 aliphatic rings. The van der Waals surface area contributed by atoms with Gasteiger partial charge in [-0.25, -0.2) is 8.42 Å². The summed E-state index contributed by atoms with van der Waals surface area (Å²) in [6, 6.07) is 1.51. The summed E-state index contributed by atoms with van der Waals surface area (Å²) < 4.78 is 27.1. The number of H-pyrrole nitrogens is 1. The molecule has 1 fully saturated rings. The van der Waals surface area contributed by atoms with E-state index < -0.39 is 10.0 Å². The summed E-state index contributed by atoms with van der Waals surface area (Å²) in [5.41, 5.74) is 0.517. The first kappa shape index (κ1) is 15.5. The molecule has 0 amide bonds. The van der Waals surface area contributed by atoms with Crippen molar-refractivity contribution in [1.29, 1.82) is 0 Å². The van der Waals surface area contributed by atoms with Crippen LogP contribution in [0.4, 0.5) is 0 Å². The smallest absolute Gasteiger partial charge is 0.244 e. The Kier molecular flexibility index (Phi) is 4.85. The van der Waals surface area contributed by atoms with Crippen LogP contribution in [0.5, 0.6) is 0 Å². The SMILES string of the molecule is CCC1CN(C)CCCN1S(=O)(=O)c1c[nH]c(CO)c1. The molecule has 2 N–H and O–H groups in total. The van der Waals surface area contributed by atoms with Gasteiger partial charge in [-0.2, -0.15) is 4.31 Å². The maximum absolute atomic E-state index is 12.8. The first-order valence-electron chi connectivity index (χ1n) is 6.97. The second kappa shape index (κ2) is 6.26. The summed E-state index contributed by atoms with van der Waals surface area (Å²) in [6.07, 6.45) is 3.09. The molecule has 2 heterocycles. The Balaban J connectivity index is 2.30. The highest BCUT2D eigenvalue weighted by atomic mass is 32.2. The molecule has 1 aromatic rings. The molecule has 0 saturated carbocycles. The fourth-order valence-electron chi connectivity index (χ4n) is 2.66. The maximum atomic E-state index is 12.8. The summed E-state index contributed by atoms with van der Waals surface area (Å²) in [6.45, 7) is 4.05. The number of nitrogens with zero attached hydrogens (tertiary/aromatic N) is 2. The van der Waals surface area contributed by atoms with Gasteiger partial charge < -0.3 is 15.0 Å². The van der Waals surface area contributed by atoms with Gasteiger partial charge in [-0.05, 0) is 32.5 Å². The average Bonchev–Trinajstić information content (AvgIpc) is 2.83. The first-order valence-corrected chi connectivity index (χ1v) is 8.41. The number of hydrogen-bond acceptors (Lipinski definition) is 4. The van der Waals surface area contributed by atoms with E-state index in [1.807, 2.05) is 14.0 Å². The van der Waals surface area contributed by atoms with Gasteiger partial charge in [0.25, 0.3) is 0 Å². The van der Waals surface area contributed by atoms with Crippen molar-refractivity contribution in [3.05, 3.63) is 18.0 Å². The zero-order valence-corrected chi connectivity index (χ0v) is 12.9. The van der Waals surface area contributed by atoms with E-state index in [-0.39, 0.29) is 17.5 Å². The van der Waals surface area contributed by atoms with Crippen LogP contribution in [0.15, 0.2) is 17.2 Å². The normalized spacial score (nSPS) is 22.9. The van der Waals surface area contributed by atoms with E-state index in [0.717, 1.165) is 25.9 Å². The molecule has 2 rings (SSSR count). The number of aliphatic hydroxyl groups is 1. The lowest BCUT2D eigenvalue weighted by atomic mass is 10.2. The maximum Gasteiger partial charge on any atom is 0.244 e. The predicted octanol–water partition coefficient (Wildman–Crippen LogP) is 0.612. The number of hydrogen-bond donors (Lipinski definition) is 2. The minimum absolute atomic E-state index is 0.0000217. The molecule has 0 aromatic carbocycles. The molecular weight excluding hydrogens is 278 g/mol. The van der Waals surface area contributed by atoms with Crippen molar-refractivity contribution in [2.24, 2.45) is 0 Å². The molecule has 6 nitrogen and oxygen atoms in total. The number of sulfonamides is 1. The second-order valence-corrected chi connectivity index (χ2v) is 7.20. The highest BCUT2D eigenvalue weighted by Crippen LogP contribution is 2.23. The second-order valence-electron chi connectivity index (χ2n) is 5.31. The van der Waals surface area contributed by atoms with Gasteiger partial charge in [0, 0.05) is 31.0 Å². The van der Waals surface area contributed by atoms with Gasteiger partial charge in [-0.1, -0.05) is 6.92 Å². The summed E-state index contributed by atoms with van der Waals surface area (Å²) >= 11 is 0. The van der Waals surface area contributed by atoms with E-state index in [1.54, 1.807) is 4.31 Å². The fourth-order valence-corrected chi connectivity index (χ4v) is 4.41. The van der Waals surface area contributed by atoms with Gasteiger partial charge in [0.1, 0.15) is 0 Å². The lowest BCUT2D eigenvalue weighted by molar-refractivity contribution is 0.270. The Labute approximate surface area is 120 Å². The molecule has 114 valence electrons. The van der Waals surface area contributed by atoms with Crippen LogP contribution in [0.2, 0.25) is 0 Å². The van der Waals surface area contributed by atoms with Gasteiger partial charge in [0.2, 0.25) is 10.0 Å². The number of aromatic amines is 1. The van der Waals surface area contributed by atoms with Gasteiger partial charge >= 0.3 is 0 Å². The van der Waals surface area contributed by atoms with Gasteiger partial charge in [-0.15, -0.1) is 0 Å².